The van der Waals surface area contributed by atoms with E-state index in [1.165, 1.54) is 6.42 Å². The second-order valence-electron chi connectivity index (χ2n) is 8.28. The van der Waals surface area contributed by atoms with Gasteiger partial charge in [-0.2, -0.15) is 0 Å². The third-order valence-electron chi connectivity index (χ3n) is 6.29. The monoisotopic (exact) mass is 485 g/mol. The Bertz CT molecular complexity index is 937. The van der Waals surface area contributed by atoms with Crippen LogP contribution in [0.4, 0.5) is 5.69 Å². The highest BCUT2D eigenvalue weighted by Gasteiger charge is 2.39. The predicted molar refractivity (Wildman–Crippen MR) is 124 cm³/mol. The Morgan fingerprint density at radius 2 is 1.74 bits per heavy atom. The number of rotatable bonds is 6. The summed E-state index contributed by atoms with van der Waals surface area (Å²) >= 11 is 3.48. The highest BCUT2D eigenvalue weighted by molar-refractivity contribution is 9.10. The van der Waals surface area contributed by atoms with Crippen molar-refractivity contribution in [2.45, 2.75) is 50.2 Å². The topological polar surface area (TPSA) is 70.7 Å². The summed E-state index contributed by atoms with van der Waals surface area (Å²) < 4.78 is 6.21. The molecule has 4 rings (SSSR count). The van der Waals surface area contributed by atoms with Crippen LogP contribution in [0.15, 0.2) is 53.0 Å². The fourth-order valence-electron chi connectivity index (χ4n) is 4.87. The first-order valence-corrected chi connectivity index (χ1v) is 11.6. The number of para-hydroxylation sites is 2. The van der Waals surface area contributed by atoms with Gasteiger partial charge in [0.15, 0.2) is 0 Å². The molecule has 0 spiro atoms. The second-order valence-corrected chi connectivity index (χ2v) is 9.14. The molecular formula is C24H28BrN3O3. The lowest BCUT2D eigenvalue weighted by Crippen LogP contribution is -2.58. The summed E-state index contributed by atoms with van der Waals surface area (Å²) in [5.74, 6) is 0.488. The van der Waals surface area contributed by atoms with Crippen LogP contribution in [0.25, 0.3) is 0 Å². The molecule has 164 valence electrons. The molecule has 6 nitrogen and oxygen atoms in total. The number of benzene rings is 2. The zero-order valence-electron chi connectivity index (χ0n) is 17.6. The van der Waals surface area contributed by atoms with Gasteiger partial charge in [0, 0.05) is 22.6 Å². The molecule has 2 aliphatic heterocycles. The van der Waals surface area contributed by atoms with Gasteiger partial charge in [-0.15, -0.1) is 0 Å². The third kappa shape index (κ3) is 5.10. The molecule has 2 heterocycles. The molecule has 7 heteroatoms. The van der Waals surface area contributed by atoms with Gasteiger partial charge in [0.05, 0.1) is 24.9 Å². The number of halogens is 1. The minimum atomic E-state index is -0.0966. The number of nitrogens with one attached hydrogen (secondary N) is 2. The molecule has 0 aromatic heterocycles. The average molecular weight is 486 g/mol. The number of hydrogen-bond donors (Lipinski definition) is 2. The summed E-state index contributed by atoms with van der Waals surface area (Å²) in [7, 11) is 1.58. The largest absolute Gasteiger partial charge is 0.496 e. The van der Waals surface area contributed by atoms with Crippen molar-refractivity contribution in [1.29, 1.82) is 0 Å². The van der Waals surface area contributed by atoms with Crippen LogP contribution in [-0.4, -0.2) is 48.5 Å². The van der Waals surface area contributed by atoms with E-state index in [0.717, 1.165) is 35.8 Å². The fraction of sp³-hybridized carbons (Fsp3) is 0.417. The van der Waals surface area contributed by atoms with Crippen LogP contribution in [0.2, 0.25) is 0 Å². The standard InChI is InChI=1S/C24H28BrN3O3/c1-31-22-12-5-2-9-19(22)24(30)26-16-13-17-7-6-8-18(14-16)28(17)15-23(29)27-21-11-4-3-10-20(21)25/h2-5,9-12,16-18H,6-8,13-15H2,1H3,(H,26,30)(H,27,29). The average Bonchev–Trinajstić information content (AvgIpc) is 2.75. The molecule has 2 saturated heterocycles. The number of ether oxygens (including phenoxy) is 1. The lowest BCUT2D eigenvalue weighted by Gasteiger charge is -2.48. The quantitative estimate of drug-likeness (QED) is 0.642. The van der Waals surface area contributed by atoms with Crippen LogP contribution in [0.5, 0.6) is 5.75 Å². The van der Waals surface area contributed by atoms with E-state index >= 15 is 0 Å². The fourth-order valence-corrected chi connectivity index (χ4v) is 5.25. The molecule has 2 atom stereocenters. The van der Waals surface area contributed by atoms with E-state index in [2.05, 4.69) is 31.5 Å². The Balaban J connectivity index is 1.38. The summed E-state index contributed by atoms with van der Waals surface area (Å²) in [6.07, 6.45) is 5.00. The van der Waals surface area contributed by atoms with Crippen LogP contribution in [0.1, 0.15) is 42.5 Å². The Kier molecular flexibility index (Phi) is 6.92. The molecule has 0 radical (unpaired) electrons. The van der Waals surface area contributed by atoms with Crippen molar-refractivity contribution in [3.8, 4) is 5.75 Å². The summed E-state index contributed by atoms with van der Waals surface area (Å²) in [6.45, 7) is 0.379. The number of piperidine rings is 2. The molecule has 0 saturated carbocycles. The van der Waals surface area contributed by atoms with Crippen molar-refractivity contribution >= 4 is 33.4 Å². The zero-order valence-corrected chi connectivity index (χ0v) is 19.2. The molecule has 0 aliphatic carbocycles. The van der Waals surface area contributed by atoms with Crippen molar-refractivity contribution < 1.29 is 14.3 Å². The van der Waals surface area contributed by atoms with E-state index in [0.29, 0.717) is 29.9 Å². The Hall–Kier alpha value is -2.38. The number of methoxy groups -OCH3 is 1. The number of nitrogens with zero attached hydrogens (tertiary/aromatic N) is 1. The van der Waals surface area contributed by atoms with Crippen molar-refractivity contribution in [2.24, 2.45) is 0 Å². The van der Waals surface area contributed by atoms with E-state index in [1.807, 2.05) is 36.4 Å². The summed E-state index contributed by atoms with van der Waals surface area (Å²) in [6, 6.07) is 15.7. The van der Waals surface area contributed by atoms with Crippen LogP contribution in [0.3, 0.4) is 0 Å². The van der Waals surface area contributed by atoms with Gasteiger partial charge in [-0.1, -0.05) is 30.7 Å². The zero-order chi connectivity index (χ0) is 21.8. The van der Waals surface area contributed by atoms with E-state index in [4.69, 9.17) is 4.74 Å². The second kappa shape index (κ2) is 9.83. The molecule has 2 N–H and O–H groups in total. The summed E-state index contributed by atoms with van der Waals surface area (Å²) in [5, 5.41) is 6.22. The molecule has 2 fully saturated rings. The normalized spacial score (nSPS) is 23.1. The SMILES string of the molecule is COc1ccccc1C(=O)NC1CC2CCCC(C1)N2CC(=O)Nc1ccccc1Br. The molecule has 2 amide bonds. The van der Waals surface area contributed by atoms with Crippen LogP contribution < -0.4 is 15.4 Å². The van der Waals surface area contributed by atoms with Gasteiger partial charge in [0.1, 0.15) is 5.75 Å². The van der Waals surface area contributed by atoms with Crippen molar-refractivity contribution in [3.63, 3.8) is 0 Å². The Morgan fingerprint density at radius 1 is 1.06 bits per heavy atom. The number of carbonyl (C=O) groups is 2. The Labute approximate surface area is 191 Å². The number of anilines is 1. The van der Waals surface area contributed by atoms with Gasteiger partial charge >= 0.3 is 0 Å². The lowest BCUT2D eigenvalue weighted by atomic mass is 9.81. The smallest absolute Gasteiger partial charge is 0.255 e. The highest BCUT2D eigenvalue weighted by Crippen LogP contribution is 2.34. The number of carbonyl (C=O) groups excluding carboxylic acids is 2. The first kappa shape index (κ1) is 21.8. The van der Waals surface area contributed by atoms with Gasteiger partial charge in [-0.3, -0.25) is 14.5 Å². The molecular weight excluding hydrogens is 458 g/mol. The van der Waals surface area contributed by atoms with E-state index in [1.54, 1.807) is 19.2 Å². The third-order valence-corrected chi connectivity index (χ3v) is 6.98. The number of amides is 2. The predicted octanol–water partition coefficient (Wildman–Crippen LogP) is 4.21. The van der Waals surface area contributed by atoms with Crippen LogP contribution in [-0.2, 0) is 4.79 Å². The van der Waals surface area contributed by atoms with Gasteiger partial charge in [-0.25, -0.2) is 0 Å². The maximum atomic E-state index is 12.8. The van der Waals surface area contributed by atoms with Crippen molar-refractivity contribution in [1.82, 2.24) is 10.2 Å². The van der Waals surface area contributed by atoms with Crippen LogP contribution >= 0.6 is 15.9 Å². The molecule has 31 heavy (non-hydrogen) atoms. The molecule has 2 unspecified atom stereocenters. The molecule has 2 aromatic carbocycles. The number of hydrogen-bond acceptors (Lipinski definition) is 4. The lowest BCUT2D eigenvalue weighted by molar-refractivity contribution is -0.120. The molecule has 2 aromatic rings. The first-order chi connectivity index (χ1) is 15.0. The summed E-state index contributed by atoms with van der Waals surface area (Å²) in [5.41, 5.74) is 1.35. The molecule has 2 aliphatic rings. The van der Waals surface area contributed by atoms with Gasteiger partial charge < -0.3 is 15.4 Å². The van der Waals surface area contributed by atoms with Gasteiger partial charge in [0.25, 0.3) is 5.91 Å². The Morgan fingerprint density at radius 3 is 2.45 bits per heavy atom. The van der Waals surface area contributed by atoms with Gasteiger partial charge in [-0.05, 0) is 65.9 Å². The van der Waals surface area contributed by atoms with E-state index < -0.39 is 0 Å². The highest BCUT2D eigenvalue weighted by atomic mass is 79.9. The molecule has 2 bridgehead atoms. The summed E-state index contributed by atoms with van der Waals surface area (Å²) in [4.78, 5) is 27.9. The van der Waals surface area contributed by atoms with Crippen molar-refractivity contribution in [2.75, 3.05) is 19.0 Å². The minimum absolute atomic E-state index is 0.000285. The maximum absolute atomic E-state index is 12.8. The number of fused-ring (bicyclic) bond motifs is 2. The van der Waals surface area contributed by atoms with Gasteiger partial charge in [0.2, 0.25) is 5.91 Å². The van der Waals surface area contributed by atoms with Crippen molar-refractivity contribution in [3.05, 3.63) is 58.6 Å². The minimum Gasteiger partial charge on any atom is -0.496 e. The first-order valence-electron chi connectivity index (χ1n) is 10.8. The maximum Gasteiger partial charge on any atom is 0.255 e. The van der Waals surface area contributed by atoms with Crippen LogP contribution in [0, 0.1) is 0 Å². The van der Waals surface area contributed by atoms with E-state index in [9.17, 15) is 9.59 Å². The van der Waals surface area contributed by atoms with E-state index in [-0.39, 0.29) is 17.9 Å².